The molecule has 0 spiro atoms. The molecule has 2 atom stereocenters. The van der Waals surface area contributed by atoms with Crippen molar-refractivity contribution in [2.45, 2.75) is 65.0 Å². The Bertz CT molecular complexity index is 1350. The lowest BCUT2D eigenvalue weighted by Gasteiger charge is -2.26. The zero-order valence-electron chi connectivity index (χ0n) is 21.8. The normalized spacial score (nSPS) is 17.7. The van der Waals surface area contributed by atoms with E-state index < -0.39 is 12.6 Å². The van der Waals surface area contributed by atoms with E-state index in [1.54, 1.807) is 12.1 Å². The minimum atomic E-state index is -0.453. The van der Waals surface area contributed by atoms with Crippen LogP contribution >= 0.6 is 0 Å². The summed E-state index contributed by atoms with van der Waals surface area (Å²) in [6.45, 7) is 4.21. The highest BCUT2D eigenvalue weighted by atomic mass is 16.7. The van der Waals surface area contributed by atoms with Crippen molar-refractivity contribution < 1.29 is 28.5 Å². The third-order valence-corrected chi connectivity index (χ3v) is 6.76. The summed E-state index contributed by atoms with van der Waals surface area (Å²) in [5, 5.41) is 4.09. The molecule has 0 bridgehead atoms. The van der Waals surface area contributed by atoms with E-state index in [1.165, 1.54) is 0 Å². The molecule has 196 valence electrons. The predicted octanol–water partition coefficient (Wildman–Crippen LogP) is 7.81. The van der Waals surface area contributed by atoms with Gasteiger partial charge in [0.05, 0.1) is 0 Å². The summed E-state index contributed by atoms with van der Waals surface area (Å²) in [6, 6.07) is 23.2. The van der Waals surface area contributed by atoms with Gasteiger partial charge in [-0.15, -0.1) is 0 Å². The first-order chi connectivity index (χ1) is 18.6. The second kappa shape index (κ2) is 11.5. The number of ether oxygens (including phenoxy) is 4. The topological polar surface area (TPSA) is 71.1 Å². The zero-order valence-corrected chi connectivity index (χ0v) is 21.8. The Morgan fingerprint density at radius 1 is 0.553 bits per heavy atom. The molecule has 4 aromatic rings. The summed E-state index contributed by atoms with van der Waals surface area (Å²) in [5.74, 6) is 0.757. The first-order valence-corrected chi connectivity index (χ1v) is 13.4. The van der Waals surface area contributed by atoms with Crippen LogP contribution in [0, 0.1) is 0 Å². The Hall–Kier alpha value is -4.06. The van der Waals surface area contributed by atoms with Crippen LogP contribution in [0.5, 0.6) is 11.5 Å². The van der Waals surface area contributed by atoms with Crippen molar-refractivity contribution in [3.05, 3.63) is 83.9 Å². The SMILES string of the molecule is CCCC[C@@H]1OC(=O)c2ccc3ccccc3c2O1.CCCC[C@H]1OC(=O)c2ccc3ccccc3c2O1. The van der Waals surface area contributed by atoms with Gasteiger partial charge < -0.3 is 18.9 Å². The minimum absolute atomic E-state index is 0.284. The van der Waals surface area contributed by atoms with Gasteiger partial charge in [-0.2, -0.15) is 0 Å². The molecule has 0 aromatic heterocycles. The molecule has 0 radical (unpaired) electrons. The number of cyclic esters (lactones) is 2. The Labute approximate surface area is 222 Å². The van der Waals surface area contributed by atoms with E-state index in [9.17, 15) is 9.59 Å². The highest BCUT2D eigenvalue weighted by molar-refractivity contribution is 6.03. The Morgan fingerprint density at radius 2 is 0.974 bits per heavy atom. The first-order valence-electron chi connectivity index (χ1n) is 13.4. The Balaban J connectivity index is 0.000000155. The molecule has 0 fully saturated rings. The van der Waals surface area contributed by atoms with Gasteiger partial charge in [0, 0.05) is 23.6 Å². The average molecular weight is 513 g/mol. The molecule has 2 heterocycles. The standard InChI is InChI=1S/2C16H16O3/c2*1-2-3-8-14-18-15-12-7-5-4-6-11(12)9-10-13(15)16(17)19-14/h2*4-7,9-10,14H,2-3,8H2,1H3/t2*14-/m10/s1. The number of hydrogen-bond donors (Lipinski definition) is 0. The second-order valence-corrected chi connectivity index (χ2v) is 9.52. The quantitative estimate of drug-likeness (QED) is 0.245. The summed E-state index contributed by atoms with van der Waals surface area (Å²) in [6.07, 6.45) is 4.66. The molecule has 0 saturated carbocycles. The summed E-state index contributed by atoms with van der Waals surface area (Å²) >= 11 is 0. The van der Waals surface area contributed by atoms with Gasteiger partial charge in [0.2, 0.25) is 12.6 Å². The summed E-state index contributed by atoms with van der Waals surface area (Å²) in [4.78, 5) is 24.0. The van der Waals surface area contributed by atoms with Crippen molar-refractivity contribution in [1.29, 1.82) is 0 Å². The van der Waals surface area contributed by atoms with Crippen molar-refractivity contribution in [1.82, 2.24) is 0 Å². The van der Waals surface area contributed by atoms with Gasteiger partial charge in [-0.05, 0) is 35.7 Å². The number of unbranched alkanes of at least 4 members (excludes halogenated alkanes) is 2. The fourth-order valence-electron chi connectivity index (χ4n) is 4.72. The van der Waals surface area contributed by atoms with E-state index in [0.29, 0.717) is 22.6 Å². The van der Waals surface area contributed by atoms with Crippen LogP contribution in [-0.4, -0.2) is 24.5 Å². The molecule has 0 unspecified atom stereocenters. The monoisotopic (exact) mass is 512 g/mol. The van der Waals surface area contributed by atoms with E-state index in [1.807, 2.05) is 60.7 Å². The minimum Gasteiger partial charge on any atom is -0.453 e. The van der Waals surface area contributed by atoms with Gasteiger partial charge in [0.25, 0.3) is 0 Å². The molecule has 6 nitrogen and oxygen atoms in total. The van der Waals surface area contributed by atoms with Crippen molar-refractivity contribution in [2.24, 2.45) is 0 Å². The lowest BCUT2D eigenvalue weighted by Crippen LogP contribution is -2.30. The maximum absolute atomic E-state index is 12.0. The maximum atomic E-state index is 12.0. The van der Waals surface area contributed by atoms with Crippen molar-refractivity contribution in [3.8, 4) is 11.5 Å². The molecular weight excluding hydrogens is 480 g/mol. The van der Waals surface area contributed by atoms with Crippen molar-refractivity contribution in [3.63, 3.8) is 0 Å². The molecule has 0 saturated heterocycles. The fourth-order valence-corrected chi connectivity index (χ4v) is 4.72. The number of rotatable bonds is 6. The van der Waals surface area contributed by atoms with Crippen LogP contribution in [0.15, 0.2) is 72.8 Å². The number of hydrogen-bond acceptors (Lipinski definition) is 6. The smallest absolute Gasteiger partial charge is 0.345 e. The maximum Gasteiger partial charge on any atom is 0.345 e. The van der Waals surface area contributed by atoms with E-state index >= 15 is 0 Å². The summed E-state index contributed by atoms with van der Waals surface area (Å²) in [5.41, 5.74) is 1.04. The molecular formula is C32H32O6. The van der Waals surface area contributed by atoms with Gasteiger partial charge >= 0.3 is 11.9 Å². The molecule has 0 amide bonds. The molecule has 2 aliphatic heterocycles. The number of carbonyl (C=O) groups is 2. The third-order valence-electron chi connectivity index (χ3n) is 6.76. The molecule has 0 N–H and O–H groups in total. The zero-order chi connectivity index (χ0) is 26.5. The van der Waals surface area contributed by atoms with E-state index in [-0.39, 0.29) is 11.9 Å². The van der Waals surface area contributed by atoms with E-state index in [4.69, 9.17) is 18.9 Å². The first kappa shape index (κ1) is 25.6. The number of esters is 2. The lowest BCUT2D eigenvalue weighted by atomic mass is 10.0. The van der Waals surface area contributed by atoms with Crippen LogP contribution in [0.25, 0.3) is 21.5 Å². The van der Waals surface area contributed by atoms with Crippen LogP contribution in [-0.2, 0) is 9.47 Å². The van der Waals surface area contributed by atoms with Crippen LogP contribution in [0.2, 0.25) is 0 Å². The molecule has 2 aliphatic rings. The molecule has 6 rings (SSSR count). The number of carbonyl (C=O) groups excluding carboxylic acids is 2. The summed E-state index contributed by atoms with van der Waals surface area (Å²) < 4.78 is 22.4. The molecule has 0 aliphatic carbocycles. The van der Waals surface area contributed by atoms with Gasteiger partial charge in [0.15, 0.2) is 0 Å². The highest BCUT2D eigenvalue weighted by Crippen LogP contribution is 2.36. The second-order valence-electron chi connectivity index (χ2n) is 9.52. The van der Waals surface area contributed by atoms with Crippen LogP contribution in [0.1, 0.15) is 73.1 Å². The lowest BCUT2D eigenvalue weighted by molar-refractivity contribution is -0.0644. The predicted molar refractivity (Wildman–Crippen MR) is 147 cm³/mol. The van der Waals surface area contributed by atoms with Crippen molar-refractivity contribution >= 4 is 33.5 Å². The third kappa shape index (κ3) is 5.30. The fraction of sp³-hybridized carbons (Fsp3) is 0.312. The summed E-state index contributed by atoms with van der Waals surface area (Å²) in [7, 11) is 0. The van der Waals surface area contributed by atoms with Crippen LogP contribution in [0.4, 0.5) is 0 Å². The average Bonchev–Trinajstić information content (AvgIpc) is 2.95. The largest absolute Gasteiger partial charge is 0.453 e. The van der Waals surface area contributed by atoms with E-state index in [0.717, 1.165) is 60.1 Å². The highest BCUT2D eigenvalue weighted by Gasteiger charge is 2.29. The van der Waals surface area contributed by atoms with Gasteiger partial charge in [0.1, 0.15) is 22.6 Å². The Morgan fingerprint density at radius 3 is 1.39 bits per heavy atom. The molecule has 6 heteroatoms. The number of benzene rings is 4. The van der Waals surface area contributed by atoms with Crippen molar-refractivity contribution in [2.75, 3.05) is 0 Å². The van der Waals surface area contributed by atoms with Gasteiger partial charge in [-0.25, -0.2) is 9.59 Å². The van der Waals surface area contributed by atoms with E-state index in [2.05, 4.69) is 13.8 Å². The van der Waals surface area contributed by atoms with Gasteiger partial charge in [-0.1, -0.05) is 87.4 Å². The van der Waals surface area contributed by atoms with Crippen LogP contribution < -0.4 is 9.47 Å². The van der Waals surface area contributed by atoms with Gasteiger partial charge in [-0.3, -0.25) is 0 Å². The van der Waals surface area contributed by atoms with Crippen LogP contribution in [0.3, 0.4) is 0 Å². The number of fused-ring (bicyclic) bond motifs is 6. The molecule has 4 aromatic carbocycles. The Kier molecular flexibility index (Phi) is 7.78. The molecule has 38 heavy (non-hydrogen) atoms.